The topological polar surface area (TPSA) is 102 Å². The number of aryl methyl sites for hydroxylation is 1. The smallest absolute Gasteiger partial charge is 0.404 e. The maximum absolute atomic E-state index is 14.2. The van der Waals surface area contributed by atoms with Gasteiger partial charge in [-0.05, 0) is 42.3 Å². The lowest BCUT2D eigenvalue weighted by Gasteiger charge is -2.13. The Bertz CT molecular complexity index is 1130. The molecule has 0 spiro atoms. The Labute approximate surface area is 184 Å². The number of nitrogens with one attached hydrogen (secondary N) is 2. The Kier molecular flexibility index (Phi) is 6.98. The summed E-state index contributed by atoms with van der Waals surface area (Å²) in [5.41, 5.74) is 6.79. The van der Waals surface area contributed by atoms with Gasteiger partial charge in [0.25, 0.3) is 0 Å². The van der Waals surface area contributed by atoms with Gasteiger partial charge < -0.3 is 21.1 Å². The monoisotopic (exact) mass is 469 g/mol. The van der Waals surface area contributed by atoms with Crippen LogP contribution in [0.2, 0.25) is 5.02 Å². The second-order valence-corrected chi connectivity index (χ2v) is 6.91. The van der Waals surface area contributed by atoms with Gasteiger partial charge in [-0.1, -0.05) is 23.7 Å². The fourth-order valence-corrected chi connectivity index (χ4v) is 2.86. The lowest BCUT2D eigenvalue weighted by molar-refractivity contribution is -0.274. The summed E-state index contributed by atoms with van der Waals surface area (Å²) in [6.45, 7) is 0. The Morgan fingerprint density at radius 3 is 2.56 bits per heavy atom. The summed E-state index contributed by atoms with van der Waals surface area (Å²) in [7, 11) is 0. The Balaban J connectivity index is 1.74. The Morgan fingerprint density at radius 2 is 1.88 bits per heavy atom. The van der Waals surface area contributed by atoms with E-state index in [1.54, 1.807) is 18.2 Å². The van der Waals surface area contributed by atoms with E-state index in [4.69, 9.17) is 17.3 Å². The van der Waals surface area contributed by atoms with Crippen LogP contribution < -0.4 is 21.1 Å². The number of nitrogens with two attached hydrogens (primary N) is 1. The number of aromatic nitrogens is 2. The maximum atomic E-state index is 14.2. The molecule has 3 aromatic rings. The van der Waals surface area contributed by atoms with Crippen molar-refractivity contribution in [1.29, 1.82) is 0 Å². The third-order valence-corrected chi connectivity index (χ3v) is 4.30. The van der Waals surface area contributed by atoms with Crippen LogP contribution in [-0.4, -0.2) is 22.2 Å². The van der Waals surface area contributed by atoms with E-state index in [2.05, 4.69) is 25.3 Å². The molecule has 1 amide bonds. The summed E-state index contributed by atoms with van der Waals surface area (Å²) < 4.78 is 55.0. The highest BCUT2D eigenvalue weighted by Gasteiger charge is 2.32. The lowest BCUT2D eigenvalue weighted by atomic mass is 10.1. The van der Waals surface area contributed by atoms with Crippen molar-refractivity contribution in [3.8, 4) is 5.75 Å². The minimum absolute atomic E-state index is 0.0593. The number of anilines is 4. The molecule has 0 radical (unpaired) electrons. The van der Waals surface area contributed by atoms with Gasteiger partial charge in [-0.15, -0.1) is 13.2 Å². The molecule has 4 N–H and O–H groups in total. The minimum atomic E-state index is -4.89. The molecule has 32 heavy (non-hydrogen) atoms. The Morgan fingerprint density at radius 1 is 1.12 bits per heavy atom. The highest BCUT2D eigenvalue weighted by atomic mass is 35.5. The molecular formula is C20H16ClF4N5O2. The number of rotatable bonds is 8. The fraction of sp³-hybridized carbons (Fsp3) is 0.150. The molecule has 0 aliphatic rings. The van der Waals surface area contributed by atoms with E-state index in [1.807, 2.05) is 6.07 Å². The van der Waals surface area contributed by atoms with Gasteiger partial charge in [0, 0.05) is 17.8 Å². The zero-order valence-electron chi connectivity index (χ0n) is 16.2. The van der Waals surface area contributed by atoms with Gasteiger partial charge in [0.1, 0.15) is 5.75 Å². The first-order valence-electron chi connectivity index (χ1n) is 9.08. The second kappa shape index (κ2) is 9.69. The average Bonchev–Trinajstić information content (AvgIpc) is 2.70. The molecule has 1 aromatic heterocycles. The largest absolute Gasteiger partial charge is 0.573 e. The van der Waals surface area contributed by atoms with E-state index < -0.39 is 23.8 Å². The number of hydrogen-bond donors (Lipinski definition) is 3. The van der Waals surface area contributed by atoms with Crippen molar-refractivity contribution in [3.05, 3.63) is 65.1 Å². The standard InChI is InChI=1S/C20H16ClF4N5O2/c21-14-9-13(5-6-16(14)32-20(23,24)25)28-18-15(22)10-27-19(30-18)29-12-3-1-2-11(8-12)4-7-17(26)31/h1-3,5-6,8-10H,4,7H2,(H2,26,31)(H2,27,28,29,30). The SMILES string of the molecule is NC(=O)CCc1cccc(Nc2ncc(F)c(Nc3ccc(OC(F)(F)F)c(Cl)c3)n2)c1. The number of halogens is 5. The van der Waals surface area contributed by atoms with E-state index in [-0.39, 0.29) is 28.9 Å². The summed E-state index contributed by atoms with van der Waals surface area (Å²) >= 11 is 5.81. The van der Waals surface area contributed by atoms with Crippen LogP contribution in [0.1, 0.15) is 12.0 Å². The first-order valence-corrected chi connectivity index (χ1v) is 9.46. The predicted molar refractivity (Wildman–Crippen MR) is 111 cm³/mol. The molecule has 12 heteroatoms. The number of nitrogens with zero attached hydrogens (tertiary/aromatic N) is 2. The van der Waals surface area contributed by atoms with E-state index in [0.717, 1.165) is 23.9 Å². The van der Waals surface area contributed by atoms with Gasteiger partial charge >= 0.3 is 6.36 Å². The van der Waals surface area contributed by atoms with E-state index >= 15 is 0 Å². The second-order valence-electron chi connectivity index (χ2n) is 6.50. The molecule has 0 aliphatic carbocycles. The quantitative estimate of drug-likeness (QED) is 0.398. The van der Waals surface area contributed by atoms with Crippen molar-refractivity contribution >= 4 is 40.6 Å². The number of benzene rings is 2. The summed E-state index contributed by atoms with van der Waals surface area (Å²) in [5, 5.41) is 5.22. The number of hydrogen-bond acceptors (Lipinski definition) is 6. The third-order valence-electron chi connectivity index (χ3n) is 4.01. The number of ether oxygens (including phenoxy) is 1. The number of alkyl halides is 3. The van der Waals surface area contributed by atoms with E-state index in [1.165, 1.54) is 6.07 Å². The van der Waals surface area contributed by atoms with Crippen molar-refractivity contribution < 1.29 is 27.1 Å². The van der Waals surface area contributed by atoms with Crippen molar-refractivity contribution in [2.24, 2.45) is 5.73 Å². The molecule has 0 atom stereocenters. The molecular weight excluding hydrogens is 454 g/mol. The van der Waals surface area contributed by atoms with Gasteiger partial charge in [0.2, 0.25) is 11.9 Å². The molecule has 0 saturated carbocycles. The van der Waals surface area contributed by atoms with Crippen LogP contribution in [-0.2, 0) is 11.2 Å². The van der Waals surface area contributed by atoms with Crippen LogP contribution in [0.3, 0.4) is 0 Å². The van der Waals surface area contributed by atoms with Gasteiger partial charge in [0.05, 0.1) is 11.2 Å². The van der Waals surface area contributed by atoms with Crippen LogP contribution in [0.25, 0.3) is 0 Å². The van der Waals surface area contributed by atoms with Crippen LogP contribution in [0, 0.1) is 5.82 Å². The van der Waals surface area contributed by atoms with Gasteiger partial charge in [-0.25, -0.2) is 9.37 Å². The first-order chi connectivity index (χ1) is 15.1. The number of primary amides is 1. The van der Waals surface area contributed by atoms with Crippen LogP contribution in [0.4, 0.5) is 40.7 Å². The molecule has 2 aromatic carbocycles. The molecule has 1 heterocycles. The molecule has 0 aliphatic heterocycles. The highest BCUT2D eigenvalue weighted by molar-refractivity contribution is 6.32. The number of carbonyl (C=O) groups excluding carboxylic acids is 1. The van der Waals surface area contributed by atoms with Crippen molar-refractivity contribution in [1.82, 2.24) is 9.97 Å². The van der Waals surface area contributed by atoms with Gasteiger partial charge in [-0.3, -0.25) is 4.79 Å². The Hall–Kier alpha value is -3.60. The zero-order valence-corrected chi connectivity index (χ0v) is 17.0. The van der Waals surface area contributed by atoms with Crippen LogP contribution in [0.15, 0.2) is 48.7 Å². The van der Waals surface area contributed by atoms with E-state index in [0.29, 0.717) is 12.1 Å². The van der Waals surface area contributed by atoms with Crippen LogP contribution >= 0.6 is 11.6 Å². The summed E-state index contributed by atoms with van der Waals surface area (Å²) in [5.74, 6) is -1.97. The molecule has 0 unspecified atom stereocenters. The summed E-state index contributed by atoms with van der Waals surface area (Å²) in [6, 6.07) is 10.4. The molecule has 0 saturated heterocycles. The molecule has 0 fully saturated rings. The van der Waals surface area contributed by atoms with Crippen molar-refractivity contribution in [3.63, 3.8) is 0 Å². The average molecular weight is 470 g/mol. The highest BCUT2D eigenvalue weighted by Crippen LogP contribution is 2.33. The lowest BCUT2D eigenvalue weighted by Crippen LogP contribution is -2.17. The zero-order chi connectivity index (χ0) is 23.3. The number of carbonyl (C=O) groups is 1. The van der Waals surface area contributed by atoms with E-state index in [9.17, 15) is 22.4 Å². The molecule has 168 valence electrons. The van der Waals surface area contributed by atoms with Gasteiger partial charge in [-0.2, -0.15) is 4.98 Å². The maximum Gasteiger partial charge on any atom is 0.573 e. The normalized spacial score (nSPS) is 11.2. The molecule has 0 bridgehead atoms. The van der Waals surface area contributed by atoms with Gasteiger partial charge in [0.15, 0.2) is 11.6 Å². The van der Waals surface area contributed by atoms with Crippen LogP contribution in [0.5, 0.6) is 5.75 Å². The molecule has 3 rings (SSSR count). The van der Waals surface area contributed by atoms with Crippen molar-refractivity contribution in [2.75, 3.05) is 10.6 Å². The summed E-state index contributed by atoms with van der Waals surface area (Å²) in [6.07, 6.45) is -3.32. The predicted octanol–water partition coefficient (Wildman–Crippen LogP) is 5.07. The third kappa shape index (κ3) is 6.71. The van der Waals surface area contributed by atoms with Crippen molar-refractivity contribution in [2.45, 2.75) is 19.2 Å². The minimum Gasteiger partial charge on any atom is -0.404 e. The first kappa shape index (κ1) is 23.1. The fourth-order valence-electron chi connectivity index (χ4n) is 2.64. The summed E-state index contributed by atoms with van der Waals surface area (Å²) in [4.78, 5) is 18.9. The number of amides is 1. The molecule has 7 nitrogen and oxygen atoms in total.